The molecule has 1 aliphatic carbocycles. The second kappa shape index (κ2) is 4.02. The quantitative estimate of drug-likeness (QED) is 0.720. The zero-order valence-corrected chi connectivity index (χ0v) is 9.93. The van der Waals surface area contributed by atoms with Crippen LogP contribution in [0.2, 0.25) is 0 Å². The van der Waals surface area contributed by atoms with Gasteiger partial charge in [0.05, 0.1) is 0 Å². The van der Waals surface area contributed by atoms with Crippen molar-refractivity contribution in [3.05, 3.63) is 35.2 Å². The molecule has 0 saturated heterocycles. The summed E-state index contributed by atoms with van der Waals surface area (Å²) < 4.78 is 1.36. The van der Waals surface area contributed by atoms with E-state index in [0.29, 0.717) is 11.7 Å². The van der Waals surface area contributed by atoms with Crippen LogP contribution in [0.15, 0.2) is 29.6 Å². The lowest BCUT2D eigenvalue weighted by Gasteiger charge is -2.21. The number of ketones is 1. The van der Waals surface area contributed by atoms with Crippen LogP contribution in [0.3, 0.4) is 0 Å². The normalized spacial score (nSPS) is 18.1. The van der Waals surface area contributed by atoms with Gasteiger partial charge in [-0.05, 0) is 47.2 Å². The third-order valence-electron chi connectivity index (χ3n) is 3.49. The molecule has 0 aliphatic heterocycles. The van der Waals surface area contributed by atoms with Crippen molar-refractivity contribution < 1.29 is 4.79 Å². The van der Waals surface area contributed by atoms with Gasteiger partial charge in [0.15, 0.2) is 0 Å². The predicted molar refractivity (Wildman–Crippen MR) is 68.0 cm³/mol. The fraction of sp³-hybridized carbons (Fsp3) is 0.357. The van der Waals surface area contributed by atoms with Crippen molar-refractivity contribution in [1.82, 2.24) is 0 Å². The Morgan fingerprint density at radius 2 is 1.94 bits per heavy atom. The van der Waals surface area contributed by atoms with Gasteiger partial charge in [-0.3, -0.25) is 4.79 Å². The number of fused-ring (bicyclic) bond motifs is 1. The molecule has 0 amide bonds. The summed E-state index contributed by atoms with van der Waals surface area (Å²) in [7, 11) is 0. The Balaban J connectivity index is 1.90. The molecule has 1 aliphatic rings. The van der Waals surface area contributed by atoms with Gasteiger partial charge in [-0.25, -0.2) is 0 Å². The van der Waals surface area contributed by atoms with Crippen LogP contribution < -0.4 is 0 Å². The number of carbonyl (C=O) groups is 1. The number of carbonyl (C=O) groups excluding carboxylic acids is 1. The van der Waals surface area contributed by atoms with Crippen LogP contribution in [0, 0.1) is 0 Å². The smallest absolute Gasteiger partial charge is 0.132 e. The standard InChI is InChI=1S/C14H14OS/c15-13-4-1-10(2-5-13)11-3-6-14-12(9-11)7-8-16-14/h3,6-10H,1-2,4-5H2. The Hall–Kier alpha value is -1.15. The molecule has 0 spiro atoms. The van der Waals surface area contributed by atoms with Gasteiger partial charge in [0.1, 0.15) is 5.78 Å². The Labute approximate surface area is 99.1 Å². The van der Waals surface area contributed by atoms with E-state index in [2.05, 4.69) is 29.6 Å². The third-order valence-corrected chi connectivity index (χ3v) is 4.39. The number of thiophene rings is 1. The SMILES string of the molecule is O=C1CCC(c2ccc3sccc3c2)CC1. The molecule has 3 rings (SSSR count). The molecule has 82 valence electrons. The summed E-state index contributed by atoms with van der Waals surface area (Å²) in [5.74, 6) is 1.04. The van der Waals surface area contributed by atoms with Crippen molar-refractivity contribution in [3.8, 4) is 0 Å². The first-order valence-electron chi connectivity index (χ1n) is 5.82. The van der Waals surface area contributed by atoms with Crippen molar-refractivity contribution in [2.75, 3.05) is 0 Å². The highest BCUT2D eigenvalue weighted by atomic mass is 32.1. The maximum atomic E-state index is 11.2. The number of hydrogen-bond donors (Lipinski definition) is 0. The minimum absolute atomic E-state index is 0.438. The lowest BCUT2D eigenvalue weighted by Crippen LogP contribution is -2.12. The molecule has 0 radical (unpaired) electrons. The van der Waals surface area contributed by atoms with Crippen molar-refractivity contribution in [1.29, 1.82) is 0 Å². The molecule has 1 aromatic heterocycles. The molecule has 0 atom stereocenters. The van der Waals surface area contributed by atoms with Gasteiger partial charge in [-0.1, -0.05) is 12.1 Å². The molecule has 16 heavy (non-hydrogen) atoms. The molecule has 1 nitrogen and oxygen atoms in total. The second-order valence-corrected chi connectivity index (χ2v) is 5.48. The summed E-state index contributed by atoms with van der Waals surface area (Å²) in [6.45, 7) is 0. The van der Waals surface area contributed by atoms with Crippen LogP contribution in [0.25, 0.3) is 10.1 Å². The topological polar surface area (TPSA) is 17.1 Å². The molecule has 0 bridgehead atoms. The fourth-order valence-corrected chi connectivity index (χ4v) is 3.28. The predicted octanol–water partition coefficient (Wildman–Crippen LogP) is 4.13. The second-order valence-electron chi connectivity index (χ2n) is 4.53. The fourth-order valence-electron chi connectivity index (χ4n) is 2.51. The molecule has 0 N–H and O–H groups in total. The molecular formula is C14H14OS. The summed E-state index contributed by atoms with van der Waals surface area (Å²) in [5, 5.41) is 3.48. The minimum atomic E-state index is 0.438. The van der Waals surface area contributed by atoms with Crippen molar-refractivity contribution in [2.45, 2.75) is 31.6 Å². The van der Waals surface area contributed by atoms with Gasteiger partial charge in [0.25, 0.3) is 0 Å². The van der Waals surface area contributed by atoms with E-state index in [1.165, 1.54) is 15.6 Å². The van der Waals surface area contributed by atoms with Crippen LogP contribution in [0.5, 0.6) is 0 Å². The van der Waals surface area contributed by atoms with Gasteiger partial charge in [0.2, 0.25) is 0 Å². The average molecular weight is 230 g/mol. The summed E-state index contributed by atoms with van der Waals surface area (Å²) in [5.41, 5.74) is 1.42. The number of Topliss-reactive ketones (excluding diaryl/α,β-unsaturated/α-hetero) is 1. The van der Waals surface area contributed by atoms with Crippen molar-refractivity contribution in [3.63, 3.8) is 0 Å². The van der Waals surface area contributed by atoms with E-state index in [1.807, 2.05) is 0 Å². The van der Waals surface area contributed by atoms with E-state index in [0.717, 1.165) is 25.7 Å². The maximum Gasteiger partial charge on any atom is 0.132 e. The van der Waals surface area contributed by atoms with Crippen LogP contribution in [0.1, 0.15) is 37.2 Å². The highest BCUT2D eigenvalue weighted by Gasteiger charge is 2.20. The maximum absolute atomic E-state index is 11.2. The van der Waals surface area contributed by atoms with E-state index in [9.17, 15) is 4.79 Å². The Bertz CT molecular complexity index is 516. The summed E-state index contributed by atoms with van der Waals surface area (Å²) in [6, 6.07) is 8.93. The Morgan fingerprint density at radius 1 is 1.12 bits per heavy atom. The molecular weight excluding hydrogens is 216 g/mol. The van der Waals surface area contributed by atoms with Crippen molar-refractivity contribution >= 4 is 27.2 Å². The number of hydrogen-bond acceptors (Lipinski definition) is 2. The van der Waals surface area contributed by atoms with Crippen LogP contribution in [-0.2, 0) is 4.79 Å². The average Bonchev–Trinajstić information content (AvgIpc) is 2.77. The molecule has 0 unspecified atom stereocenters. The first-order valence-corrected chi connectivity index (χ1v) is 6.70. The molecule has 2 heteroatoms. The van der Waals surface area contributed by atoms with E-state index in [-0.39, 0.29) is 0 Å². The first kappa shape index (κ1) is 10.0. The van der Waals surface area contributed by atoms with E-state index < -0.39 is 0 Å². The van der Waals surface area contributed by atoms with Gasteiger partial charge in [-0.15, -0.1) is 11.3 Å². The lowest BCUT2D eigenvalue weighted by atomic mass is 9.83. The lowest BCUT2D eigenvalue weighted by molar-refractivity contribution is -0.120. The van der Waals surface area contributed by atoms with Gasteiger partial charge >= 0.3 is 0 Å². The monoisotopic (exact) mass is 230 g/mol. The number of rotatable bonds is 1. The van der Waals surface area contributed by atoms with Crippen LogP contribution >= 0.6 is 11.3 Å². The molecule has 1 fully saturated rings. The van der Waals surface area contributed by atoms with Crippen LogP contribution in [-0.4, -0.2) is 5.78 Å². The molecule has 1 saturated carbocycles. The van der Waals surface area contributed by atoms with Crippen molar-refractivity contribution in [2.24, 2.45) is 0 Å². The summed E-state index contributed by atoms with van der Waals surface area (Å²) >= 11 is 1.79. The zero-order chi connectivity index (χ0) is 11.0. The van der Waals surface area contributed by atoms with E-state index in [4.69, 9.17) is 0 Å². The van der Waals surface area contributed by atoms with Gasteiger partial charge in [-0.2, -0.15) is 0 Å². The van der Waals surface area contributed by atoms with Gasteiger partial charge < -0.3 is 0 Å². The largest absolute Gasteiger partial charge is 0.300 e. The highest BCUT2D eigenvalue weighted by Crippen LogP contribution is 2.33. The first-order chi connectivity index (χ1) is 7.83. The Morgan fingerprint density at radius 3 is 2.75 bits per heavy atom. The summed E-state index contributed by atoms with van der Waals surface area (Å²) in [6.07, 6.45) is 3.61. The van der Waals surface area contributed by atoms with Crippen LogP contribution in [0.4, 0.5) is 0 Å². The Kier molecular flexibility index (Phi) is 2.52. The third kappa shape index (κ3) is 1.78. The van der Waals surface area contributed by atoms with E-state index >= 15 is 0 Å². The van der Waals surface area contributed by atoms with Gasteiger partial charge in [0, 0.05) is 17.5 Å². The zero-order valence-electron chi connectivity index (χ0n) is 9.11. The molecule has 1 heterocycles. The number of benzene rings is 1. The summed E-state index contributed by atoms with van der Waals surface area (Å²) in [4.78, 5) is 11.2. The molecule has 1 aromatic carbocycles. The van der Waals surface area contributed by atoms with E-state index in [1.54, 1.807) is 11.3 Å². The molecule has 2 aromatic rings. The highest BCUT2D eigenvalue weighted by molar-refractivity contribution is 7.17. The minimum Gasteiger partial charge on any atom is -0.300 e.